The van der Waals surface area contributed by atoms with Crippen molar-refractivity contribution in [3.63, 3.8) is 0 Å². The molecule has 1 saturated heterocycles. The lowest BCUT2D eigenvalue weighted by Crippen LogP contribution is -2.31. The van der Waals surface area contributed by atoms with Crippen LogP contribution in [0.3, 0.4) is 0 Å². The molecule has 0 spiro atoms. The Kier molecular flexibility index (Phi) is 3.35. The number of anilines is 1. The third-order valence-electron chi connectivity index (χ3n) is 3.98. The second kappa shape index (κ2) is 4.90. The highest BCUT2D eigenvalue weighted by atomic mass is 35.5. The van der Waals surface area contributed by atoms with E-state index in [9.17, 15) is 9.59 Å². The summed E-state index contributed by atoms with van der Waals surface area (Å²) in [5.41, 5.74) is 0.458. The molecule has 5 heteroatoms. The van der Waals surface area contributed by atoms with E-state index in [1.54, 1.807) is 18.2 Å². The molecular weight excluding hydrogens is 297 g/mol. The minimum atomic E-state index is -0.273. The molecule has 2 amide bonds. The number of halogens is 2. The molecule has 3 rings (SSSR count). The number of amides is 2. The van der Waals surface area contributed by atoms with Crippen LogP contribution in [-0.2, 0) is 9.59 Å². The first-order valence-electron chi connectivity index (χ1n) is 6.49. The first-order chi connectivity index (χ1) is 9.49. The molecule has 1 aromatic rings. The van der Waals surface area contributed by atoms with Crippen molar-refractivity contribution in [3.05, 3.63) is 40.4 Å². The minimum absolute atomic E-state index is 0.0739. The molecule has 1 heterocycles. The number of fused-ring (bicyclic) bond motifs is 1. The van der Waals surface area contributed by atoms with Gasteiger partial charge in [-0.2, -0.15) is 0 Å². The van der Waals surface area contributed by atoms with Crippen molar-refractivity contribution in [3.8, 4) is 0 Å². The van der Waals surface area contributed by atoms with Crippen molar-refractivity contribution >= 4 is 40.7 Å². The van der Waals surface area contributed by atoms with Gasteiger partial charge in [0.05, 0.1) is 17.5 Å². The average molecular weight is 310 g/mol. The van der Waals surface area contributed by atoms with E-state index in [1.807, 2.05) is 19.1 Å². The van der Waals surface area contributed by atoms with E-state index in [0.717, 1.165) is 0 Å². The van der Waals surface area contributed by atoms with Crippen molar-refractivity contribution in [2.24, 2.45) is 17.8 Å². The van der Waals surface area contributed by atoms with Crippen LogP contribution in [0.25, 0.3) is 0 Å². The van der Waals surface area contributed by atoms with Gasteiger partial charge < -0.3 is 0 Å². The third-order valence-corrected chi connectivity index (χ3v) is 4.41. The maximum atomic E-state index is 12.6. The Bertz CT molecular complexity index is 606. The fourth-order valence-corrected chi connectivity index (χ4v) is 3.58. The molecule has 0 bridgehead atoms. The molecule has 1 aliphatic heterocycles. The molecule has 2 aliphatic rings. The lowest BCUT2D eigenvalue weighted by atomic mass is 9.78. The Morgan fingerprint density at radius 3 is 2.35 bits per heavy atom. The molecule has 1 aliphatic carbocycles. The normalized spacial score (nSPS) is 28.9. The van der Waals surface area contributed by atoms with Crippen LogP contribution in [-0.4, -0.2) is 11.8 Å². The van der Waals surface area contributed by atoms with Gasteiger partial charge in [-0.1, -0.05) is 42.3 Å². The number of carbonyl (C=O) groups excluding carboxylic acids is 2. The number of hydrogen-bond acceptors (Lipinski definition) is 2. The van der Waals surface area contributed by atoms with Crippen LogP contribution in [0.15, 0.2) is 30.4 Å². The lowest BCUT2D eigenvalue weighted by Gasteiger charge is -2.22. The van der Waals surface area contributed by atoms with E-state index in [1.165, 1.54) is 4.90 Å². The van der Waals surface area contributed by atoms with Gasteiger partial charge in [-0.25, -0.2) is 4.90 Å². The Labute approximate surface area is 127 Å². The van der Waals surface area contributed by atoms with Crippen molar-refractivity contribution in [2.45, 2.75) is 13.3 Å². The van der Waals surface area contributed by atoms with Gasteiger partial charge in [-0.15, -0.1) is 0 Å². The zero-order valence-electron chi connectivity index (χ0n) is 10.8. The topological polar surface area (TPSA) is 37.4 Å². The van der Waals surface area contributed by atoms with E-state index in [-0.39, 0.29) is 29.6 Å². The van der Waals surface area contributed by atoms with Crippen molar-refractivity contribution in [1.29, 1.82) is 0 Å². The number of allylic oxidation sites excluding steroid dienone is 2. The van der Waals surface area contributed by atoms with Gasteiger partial charge in [-0.3, -0.25) is 9.59 Å². The Morgan fingerprint density at radius 2 is 1.75 bits per heavy atom. The van der Waals surface area contributed by atoms with Crippen LogP contribution < -0.4 is 4.90 Å². The molecule has 1 fully saturated rings. The van der Waals surface area contributed by atoms with Gasteiger partial charge in [0.15, 0.2) is 0 Å². The Morgan fingerprint density at radius 1 is 1.10 bits per heavy atom. The van der Waals surface area contributed by atoms with Gasteiger partial charge in [0.2, 0.25) is 11.8 Å². The highest BCUT2D eigenvalue weighted by Gasteiger charge is 2.50. The second-order valence-corrected chi connectivity index (χ2v) is 6.17. The quantitative estimate of drug-likeness (QED) is 0.586. The molecule has 3 atom stereocenters. The minimum Gasteiger partial charge on any atom is -0.274 e. The van der Waals surface area contributed by atoms with Crippen molar-refractivity contribution < 1.29 is 9.59 Å². The summed E-state index contributed by atoms with van der Waals surface area (Å²) < 4.78 is 0. The van der Waals surface area contributed by atoms with Crippen LogP contribution in [0.5, 0.6) is 0 Å². The number of hydrogen-bond donors (Lipinski definition) is 0. The lowest BCUT2D eigenvalue weighted by molar-refractivity contribution is -0.122. The van der Waals surface area contributed by atoms with Gasteiger partial charge in [0, 0.05) is 10.0 Å². The fraction of sp³-hybridized carbons (Fsp3) is 0.333. The van der Waals surface area contributed by atoms with Gasteiger partial charge in [-0.05, 0) is 30.5 Å². The van der Waals surface area contributed by atoms with Crippen LogP contribution in [0.4, 0.5) is 5.69 Å². The van der Waals surface area contributed by atoms with Crippen molar-refractivity contribution in [1.82, 2.24) is 0 Å². The van der Waals surface area contributed by atoms with Crippen molar-refractivity contribution in [2.75, 3.05) is 4.90 Å². The molecule has 3 nitrogen and oxygen atoms in total. The number of benzene rings is 1. The largest absolute Gasteiger partial charge is 0.274 e. The standard InChI is InChI=1S/C15H13Cl2NO2/c1-8-3-2-4-12-13(8)15(20)18(14(12)19)11-6-9(16)5-10(17)7-11/h2-3,5-8,12-13H,4H2,1H3. The molecule has 0 aromatic heterocycles. The summed E-state index contributed by atoms with van der Waals surface area (Å²) in [6, 6.07) is 4.77. The SMILES string of the molecule is CC1C=CCC2C(=O)N(c3cc(Cl)cc(Cl)c3)C(=O)C12. The predicted octanol–water partition coefficient (Wildman–Crippen LogP) is 3.70. The van der Waals surface area contributed by atoms with E-state index in [0.29, 0.717) is 22.2 Å². The van der Waals surface area contributed by atoms with E-state index in [2.05, 4.69) is 0 Å². The van der Waals surface area contributed by atoms with Gasteiger partial charge in [0.25, 0.3) is 0 Å². The summed E-state index contributed by atoms with van der Waals surface area (Å²) >= 11 is 11.9. The van der Waals surface area contributed by atoms with E-state index < -0.39 is 0 Å². The summed E-state index contributed by atoms with van der Waals surface area (Å²) in [7, 11) is 0. The number of carbonyl (C=O) groups is 2. The third kappa shape index (κ3) is 2.05. The maximum absolute atomic E-state index is 12.6. The fourth-order valence-electron chi connectivity index (χ4n) is 3.07. The molecule has 3 unspecified atom stereocenters. The smallest absolute Gasteiger partial charge is 0.238 e. The molecule has 20 heavy (non-hydrogen) atoms. The number of imide groups is 1. The van der Waals surface area contributed by atoms with E-state index >= 15 is 0 Å². The highest BCUT2D eigenvalue weighted by molar-refractivity contribution is 6.35. The zero-order chi connectivity index (χ0) is 14.4. The predicted molar refractivity (Wildman–Crippen MR) is 78.9 cm³/mol. The number of nitrogens with zero attached hydrogens (tertiary/aromatic N) is 1. The summed E-state index contributed by atoms with van der Waals surface area (Å²) in [5.74, 6) is -0.778. The summed E-state index contributed by atoms with van der Waals surface area (Å²) in [6.45, 7) is 1.97. The summed E-state index contributed by atoms with van der Waals surface area (Å²) in [5, 5.41) is 0.822. The summed E-state index contributed by atoms with van der Waals surface area (Å²) in [4.78, 5) is 26.3. The van der Waals surface area contributed by atoms with Crippen LogP contribution in [0.1, 0.15) is 13.3 Å². The Hall–Kier alpha value is -1.32. The first-order valence-corrected chi connectivity index (χ1v) is 7.25. The van der Waals surface area contributed by atoms with Crippen LogP contribution in [0.2, 0.25) is 10.0 Å². The van der Waals surface area contributed by atoms with Gasteiger partial charge >= 0.3 is 0 Å². The Balaban J connectivity index is 2.03. The molecule has 104 valence electrons. The average Bonchev–Trinajstić information content (AvgIpc) is 2.61. The molecule has 0 radical (unpaired) electrons. The summed E-state index contributed by atoms with van der Waals surface area (Å²) in [6.07, 6.45) is 4.59. The van der Waals surface area contributed by atoms with Gasteiger partial charge in [0.1, 0.15) is 0 Å². The molecule has 0 saturated carbocycles. The number of rotatable bonds is 1. The van der Waals surface area contributed by atoms with Crippen LogP contribution in [0, 0.1) is 17.8 Å². The maximum Gasteiger partial charge on any atom is 0.238 e. The molecular formula is C15H13Cl2NO2. The van der Waals surface area contributed by atoms with E-state index in [4.69, 9.17) is 23.2 Å². The zero-order valence-corrected chi connectivity index (χ0v) is 12.4. The molecule has 0 N–H and O–H groups in total. The second-order valence-electron chi connectivity index (χ2n) is 5.29. The van der Waals surface area contributed by atoms with Crippen LogP contribution >= 0.6 is 23.2 Å². The first kappa shape index (κ1) is 13.7. The molecule has 1 aromatic carbocycles. The monoisotopic (exact) mass is 309 g/mol. The highest BCUT2D eigenvalue weighted by Crippen LogP contribution is 2.41.